The van der Waals surface area contributed by atoms with Gasteiger partial charge in [-0.2, -0.15) is 9.78 Å². The highest BCUT2D eigenvalue weighted by Crippen LogP contribution is 2.20. The molecule has 0 fully saturated rings. The molecule has 0 saturated carbocycles. The first-order valence-electron chi connectivity index (χ1n) is 8.02. The Morgan fingerprint density at radius 2 is 1.00 bits per heavy atom. The minimum atomic E-state index is -1.54. The van der Waals surface area contributed by atoms with Crippen LogP contribution in [0.4, 0.5) is 14.4 Å². The van der Waals surface area contributed by atoms with Crippen LogP contribution in [0.15, 0.2) is 0 Å². The fraction of sp³-hybridized carbons (Fsp3) is 0.812. The lowest BCUT2D eigenvalue weighted by Gasteiger charge is -2.27. The van der Waals surface area contributed by atoms with Gasteiger partial charge in [-0.3, -0.25) is 9.78 Å². The van der Waals surface area contributed by atoms with Crippen LogP contribution in [-0.2, 0) is 33.8 Å². The van der Waals surface area contributed by atoms with E-state index in [1.54, 1.807) is 41.5 Å². The first-order chi connectivity index (χ1) is 12.1. The SMILES string of the molecule is CC(COC(=O)O)(COC(=O)OOC(C)(C)C)COC(=O)OOC(C)(C)C. The normalized spacial score (nSPS) is 12.1. The van der Waals surface area contributed by atoms with Crippen molar-refractivity contribution >= 4 is 18.5 Å². The van der Waals surface area contributed by atoms with Crippen LogP contribution in [-0.4, -0.2) is 54.6 Å². The van der Waals surface area contributed by atoms with E-state index < -0.39 is 41.7 Å². The summed E-state index contributed by atoms with van der Waals surface area (Å²) in [5.41, 5.74) is -2.69. The van der Waals surface area contributed by atoms with Crippen molar-refractivity contribution < 1.29 is 53.3 Å². The van der Waals surface area contributed by atoms with Crippen LogP contribution in [0.1, 0.15) is 48.5 Å². The van der Waals surface area contributed by atoms with E-state index in [0.717, 1.165) is 0 Å². The van der Waals surface area contributed by atoms with Gasteiger partial charge in [-0.25, -0.2) is 14.4 Å². The molecule has 0 aromatic rings. The van der Waals surface area contributed by atoms with Gasteiger partial charge in [0.25, 0.3) is 0 Å². The lowest BCUT2D eigenvalue weighted by molar-refractivity contribution is -0.315. The van der Waals surface area contributed by atoms with Gasteiger partial charge in [0, 0.05) is 0 Å². The van der Waals surface area contributed by atoms with Crippen molar-refractivity contribution in [1.29, 1.82) is 0 Å². The lowest BCUT2D eigenvalue weighted by Crippen LogP contribution is -2.37. The van der Waals surface area contributed by atoms with Gasteiger partial charge in [0.05, 0.1) is 5.41 Å². The average Bonchev–Trinajstić information content (AvgIpc) is 2.51. The Morgan fingerprint density at radius 3 is 1.30 bits per heavy atom. The van der Waals surface area contributed by atoms with E-state index >= 15 is 0 Å². The number of carbonyl (C=O) groups excluding carboxylic acids is 2. The van der Waals surface area contributed by atoms with Gasteiger partial charge in [-0.15, -0.1) is 0 Å². The van der Waals surface area contributed by atoms with Crippen LogP contribution in [0.25, 0.3) is 0 Å². The second-order valence-corrected chi connectivity index (χ2v) is 8.00. The van der Waals surface area contributed by atoms with E-state index in [1.165, 1.54) is 6.92 Å². The van der Waals surface area contributed by atoms with E-state index in [1.807, 2.05) is 0 Å². The standard InChI is InChI=1S/C16H28O11/c1-14(2,3)26-24-12(19)22-9-16(7,8-21-11(17)18)10-23-13(20)25-27-15(4,5)6/h8-10H2,1-7H3,(H,17,18). The molecule has 0 unspecified atom stereocenters. The molecule has 0 atom stereocenters. The minimum Gasteiger partial charge on any atom is -0.450 e. The van der Waals surface area contributed by atoms with E-state index in [2.05, 4.69) is 14.5 Å². The fourth-order valence-electron chi connectivity index (χ4n) is 1.19. The Balaban J connectivity index is 4.63. The molecule has 11 heteroatoms. The molecule has 0 radical (unpaired) electrons. The first-order valence-corrected chi connectivity index (χ1v) is 8.02. The van der Waals surface area contributed by atoms with Gasteiger partial charge < -0.3 is 19.3 Å². The van der Waals surface area contributed by atoms with Gasteiger partial charge >= 0.3 is 18.5 Å². The molecule has 0 aliphatic heterocycles. The van der Waals surface area contributed by atoms with Gasteiger partial charge in [0.1, 0.15) is 31.0 Å². The molecular formula is C16H28O11. The minimum absolute atomic E-state index is 0.389. The molecule has 0 aromatic carbocycles. The maximum absolute atomic E-state index is 11.5. The third-order valence-corrected chi connectivity index (χ3v) is 2.34. The molecule has 0 rings (SSSR count). The highest BCUT2D eigenvalue weighted by Gasteiger charge is 2.32. The van der Waals surface area contributed by atoms with Crippen LogP contribution in [0.2, 0.25) is 0 Å². The number of hydrogen-bond acceptors (Lipinski definition) is 10. The Labute approximate surface area is 157 Å². The molecule has 1 N–H and O–H groups in total. The quantitative estimate of drug-likeness (QED) is 0.279. The van der Waals surface area contributed by atoms with Crippen LogP contribution >= 0.6 is 0 Å². The summed E-state index contributed by atoms with van der Waals surface area (Å²) in [6.07, 6.45) is -3.84. The predicted molar refractivity (Wildman–Crippen MR) is 88.6 cm³/mol. The zero-order chi connectivity index (χ0) is 21.3. The van der Waals surface area contributed by atoms with Crippen LogP contribution in [0.5, 0.6) is 0 Å². The van der Waals surface area contributed by atoms with Gasteiger partial charge in [-0.1, -0.05) is 0 Å². The smallest absolute Gasteiger partial charge is 0.450 e. The Morgan fingerprint density at radius 1 is 0.667 bits per heavy atom. The number of hydrogen-bond donors (Lipinski definition) is 1. The molecule has 0 aliphatic rings. The Bertz CT molecular complexity index is 467. The van der Waals surface area contributed by atoms with Crippen LogP contribution in [0.3, 0.4) is 0 Å². The van der Waals surface area contributed by atoms with Gasteiger partial charge in [0.15, 0.2) is 0 Å². The van der Waals surface area contributed by atoms with E-state index in [4.69, 9.17) is 24.4 Å². The number of carbonyl (C=O) groups is 3. The molecule has 0 amide bonds. The van der Waals surface area contributed by atoms with Crippen molar-refractivity contribution in [2.75, 3.05) is 19.8 Å². The van der Waals surface area contributed by atoms with E-state index in [9.17, 15) is 14.4 Å². The lowest BCUT2D eigenvalue weighted by atomic mass is 9.94. The molecule has 0 heterocycles. The maximum atomic E-state index is 11.5. The van der Waals surface area contributed by atoms with Gasteiger partial charge in [-0.05, 0) is 48.5 Å². The summed E-state index contributed by atoms with van der Waals surface area (Å²) in [5, 5.41) is 8.65. The highest BCUT2D eigenvalue weighted by atomic mass is 17.2. The van der Waals surface area contributed by atoms with Crippen molar-refractivity contribution in [2.45, 2.75) is 59.7 Å². The molecule has 11 nitrogen and oxygen atoms in total. The van der Waals surface area contributed by atoms with Crippen LogP contribution in [0, 0.1) is 5.41 Å². The molecule has 158 valence electrons. The second kappa shape index (κ2) is 10.2. The van der Waals surface area contributed by atoms with Crippen molar-refractivity contribution in [3.63, 3.8) is 0 Å². The zero-order valence-electron chi connectivity index (χ0n) is 16.7. The summed E-state index contributed by atoms with van der Waals surface area (Å²) < 4.78 is 14.2. The third kappa shape index (κ3) is 14.6. The molecule has 0 bridgehead atoms. The number of ether oxygens (including phenoxy) is 3. The highest BCUT2D eigenvalue weighted by molar-refractivity contribution is 5.60. The topological polar surface area (TPSA) is 136 Å². The molecule has 0 aliphatic carbocycles. The monoisotopic (exact) mass is 396 g/mol. The van der Waals surface area contributed by atoms with Crippen molar-refractivity contribution in [2.24, 2.45) is 5.41 Å². The maximum Gasteiger partial charge on any atom is 0.540 e. The number of carboxylic acid groups (broad SMARTS) is 1. The molecule has 27 heavy (non-hydrogen) atoms. The molecule has 0 saturated heterocycles. The third-order valence-electron chi connectivity index (χ3n) is 2.34. The van der Waals surface area contributed by atoms with Crippen molar-refractivity contribution in [3.05, 3.63) is 0 Å². The largest absolute Gasteiger partial charge is 0.540 e. The molecular weight excluding hydrogens is 368 g/mol. The summed E-state index contributed by atoms with van der Waals surface area (Å²) in [4.78, 5) is 52.2. The van der Waals surface area contributed by atoms with Crippen molar-refractivity contribution in [1.82, 2.24) is 0 Å². The fourth-order valence-corrected chi connectivity index (χ4v) is 1.19. The summed E-state index contributed by atoms with van der Waals surface area (Å²) in [6.45, 7) is 10.2. The first kappa shape index (κ1) is 24.7. The van der Waals surface area contributed by atoms with Gasteiger partial charge in [0.2, 0.25) is 0 Å². The second-order valence-electron chi connectivity index (χ2n) is 8.00. The van der Waals surface area contributed by atoms with Crippen LogP contribution < -0.4 is 0 Å². The summed E-state index contributed by atoms with van der Waals surface area (Å²) in [5.74, 6) is 0. The molecule has 0 spiro atoms. The molecule has 0 aromatic heterocycles. The summed E-state index contributed by atoms with van der Waals surface area (Å²) in [7, 11) is 0. The van der Waals surface area contributed by atoms with E-state index in [0.29, 0.717) is 0 Å². The van der Waals surface area contributed by atoms with Crippen molar-refractivity contribution in [3.8, 4) is 0 Å². The zero-order valence-corrected chi connectivity index (χ0v) is 16.7. The predicted octanol–water partition coefficient (Wildman–Crippen LogP) is 3.45. The Kier molecular flexibility index (Phi) is 9.31. The average molecular weight is 396 g/mol. The number of rotatable bonds is 8. The Hall–Kier alpha value is -2.27. The summed E-state index contributed by atoms with van der Waals surface area (Å²) in [6, 6.07) is 0. The summed E-state index contributed by atoms with van der Waals surface area (Å²) >= 11 is 0. The van der Waals surface area contributed by atoms with E-state index in [-0.39, 0.29) is 13.2 Å².